The smallest absolute Gasteiger partial charge is 0.327 e. The summed E-state index contributed by atoms with van der Waals surface area (Å²) in [5, 5.41) is 3.13. The number of hydrogen-bond donors (Lipinski definition) is 1. The summed E-state index contributed by atoms with van der Waals surface area (Å²) in [6.07, 6.45) is 3.81. The van der Waals surface area contributed by atoms with E-state index in [0.29, 0.717) is 6.04 Å². The maximum Gasteiger partial charge on any atom is 0.327 e. The van der Waals surface area contributed by atoms with E-state index in [1.165, 1.54) is 39.5 Å². The van der Waals surface area contributed by atoms with Gasteiger partial charge in [-0.3, -0.25) is 14.6 Å². The molecule has 0 aromatic rings. The molecule has 1 N–H and O–H groups in total. The minimum absolute atomic E-state index is 0.178. The molecule has 0 aromatic heterocycles. The van der Waals surface area contributed by atoms with Crippen molar-refractivity contribution in [2.24, 2.45) is 0 Å². The van der Waals surface area contributed by atoms with E-state index in [-0.39, 0.29) is 5.97 Å². The quantitative estimate of drug-likeness (QED) is 0.744. The Morgan fingerprint density at radius 3 is 2.79 bits per heavy atom. The van der Waals surface area contributed by atoms with Gasteiger partial charge in [-0.05, 0) is 52.9 Å². The second-order valence-corrected chi connectivity index (χ2v) is 5.99. The van der Waals surface area contributed by atoms with Crippen molar-refractivity contribution >= 4 is 5.97 Å². The minimum Gasteiger partial charge on any atom is -0.468 e. The van der Waals surface area contributed by atoms with E-state index in [1.54, 1.807) is 0 Å². The molecule has 2 aliphatic heterocycles. The van der Waals surface area contributed by atoms with Crippen LogP contribution in [0.15, 0.2) is 0 Å². The number of hydrogen-bond acceptors (Lipinski definition) is 5. The molecule has 0 aliphatic carbocycles. The summed E-state index contributed by atoms with van der Waals surface area (Å²) in [5.41, 5.74) is -0.609. The molecule has 2 atom stereocenters. The van der Waals surface area contributed by atoms with Crippen LogP contribution in [0.2, 0.25) is 0 Å². The van der Waals surface area contributed by atoms with Crippen LogP contribution in [0.5, 0.6) is 0 Å². The number of carbonyl (C=O) groups excluding carboxylic acids is 1. The van der Waals surface area contributed by atoms with Gasteiger partial charge in [-0.25, -0.2) is 0 Å². The maximum atomic E-state index is 11.9. The van der Waals surface area contributed by atoms with E-state index < -0.39 is 5.54 Å². The standard InChI is InChI=1S/C14H27N3O2/c1-14(15-2,13(18)19-3)11-16-7-5-9-17-8-4-6-12(17)10-16/h12,15H,4-11H2,1-3H3. The van der Waals surface area contributed by atoms with Gasteiger partial charge in [-0.2, -0.15) is 0 Å². The Kier molecular flexibility index (Phi) is 4.81. The molecule has 0 spiro atoms. The lowest BCUT2D eigenvalue weighted by Crippen LogP contribution is -2.57. The lowest BCUT2D eigenvalue weighted by molar-refractivity contribution is -0.148. The monoisotopic (exact) mass is 269 g/mol. The van der Waals surface area contributed by atoms with Crippen LogP contribution in [0.1, 0.15) is 26.2 Å². The number of likely N-dealkylation sites (N-methyl/N-ethyl adjacent to an activating group) is 1. The second kappa shape index (κ2) is 6.20. The number of esters is 1. The van der Waals surface area contributed by atoms with Crippen molar-refractivity contribution in [2.75, 3.05) is 46.9 Å². The predicted octanol–water partition coefficient (Wildman–Crippen LogP) is 0.308. The van der Waals surface area contributed by atoms with Gasteiger partial charge in [0.1, 0.15) is 5.54 Å². The van der Waals surface area contributed by atoms with E-state index in [0.717, 1.165) is 19.6 Å². The van der Waals surface area contributed by atoms with E-state index in [2.05, 4.69) is 15.1 Å². The van der Waals surface area contributed by atoms with Crippen LogP contribution in [-0.2, 0) is 9.53 Å². The number of carbonyl (C=O) groups is 1. The average molecular weight is 269 g/mol. The topological polar surface area (TPSA) is 44.8 Å². The van der Waals surface area contributed by atoms with Gasteiger partial charge in [0.15, 0.2) is 0 Å². The zero-order valence-corrected chi connectivity index (χ0v) is 12.4. The van der Waals surface area contributed by atoms with Crippen LogP contribution in [0.4, 0.5) is 0 Å². The molecule has 2 heterocycles. The summed E-state index contributed by atoms with van der Waals surface area (Å²) in [6.45, 7) is 7.25. The van der Waals surface area contributed by atoms with Crippen molar-refractivity contribution in [1.82, 2.24) is 15.1 Å². The molecule has 110 valence electrons. The molecule has 19 heavy (non-hydrogen) atoms. The molecular formula is C14H27N3O2. The largest absolute Gasteiger partial charge is 0.468 e. The van der Waals surface area contributed by atoms with Gasteiger partial charge in [0, 0.05) is 19.1 Å². The summed E-state index contributed by atoms with van der Waals surface area (Å²) in [5.74, 6) is -0.178. The number of nitrogens with zero attached hydrogens (tertiary/aromatic N) is 2. The maximum absolute atomic E-state index is 11.9. The molecule has 0 aromatic carbocycles. The fourth-order valence-corrected chi connectivity index (χ4v) is 3.34. The highest BCUT2D eigenvalue weighted by Crippen LogP contribution is 2.22. The molecule has 2 rings (SSSR count). The van der Waals surface area contributed by atoms with Crippen LogP contribution in [0.3, 0.4) is 0 Å². The van der Waals surface area contributed by atoms with Crippen molar-refractivity contribution in [1.29, 1.82) is 0 Å². The molecule has 5 heteroatoms. The van der Waals surface area contributed by atoms with Crippen LogP contribution < -0.4 is 5.32 Å². The summed E-state index contributed by atoms with van der Waals surface area (Å²) in [6, 6.07) is 0.682. The molecule has 2 saturated heterocycles. The molecule has 2 unspecified atom stereocenters. The molecule has 2 aliphatic rings. The number of ether oxygens (including phenoxy) is 1. The summed E-state index contributed by atoms with van der Waals surface area (Å²) in [7, 11) is 3.29. The van der Waals surface area contributed by atoms with Gasteiger partial charge in [-0.1, -0.05) is 0 Å². The first-order chi connectivity index (χ1) is 9.09. The zero-order chi connectivity index (χ0) is 13.9. The Morgan fingerprint density at radius 1 is 1.37 bits per heavy atom. The molecular weight excluding hydrogens is 242 g/mol. The Morgan fingerprint density at radius 2 is 2.11 bits per heavy atom. The Hall–Kier alpha value is -0.650. The summed E-state index contributed by atoms with van der Waals surface area (Å²) < 4.78 is 4.93. The van der Waals surface area contributed by atoms with E-state index in [4.69, 9.17) is 4.74 Å². The van der Waals surface area contributed by atoms with Gasteiger partial charge in [-0.15, -0.1) is 0 Å². The van der Waals surface area contributed by atoms with Gasteiger partial charge in [0.2, 0.25) is 0 Å². The first kappa shape index (κ1) is 14.8. The van der Waals surface area contributed by atoms with Crippen LogP contribution in [0.25, 0.3) is 0 Å². The average Bonchev–Trinajstić information content (AvgIpc) is 2.76. The van der Waals surface area contributed by atoms with Crippen molar-refractivity contribution < 1.29 is 9.53 Å². The van der Waals surface area contributed by atoms with Crippen molar-refractivity contribution in [3.63, 3.8) is 0 Å². The van der Waals surface area contributed by atoms with Gasteiger partial charge in [0.25, 0.3) is 0 Å². The molecule has 0 amide bonds. The molecule has 5 nitrogen and oxygen atoms in total. The summed E-state index contributed by atoms with van der Waals surface area (Å²) in [4.78, 5) is 17.0. The lowest BCUT2D eigenvalue weighted by Gasteiger charge is -2.33. The second-order valence-electron chi connectivity index (χ2n) is 5.99. The van der Waals surface area contributed by atoms with Crippen LogP contribution >= 0.6 is 0 Å². The number of rotatable bonds is 4. The number of methoxy groups -OCH3 is 1. The Labute approximate surface area is 116 Å². The van der Waals surface area contributed by atoms with E-state index in [1.807, 2.05) is 14.0 Å². The predicted molar refractivity (Wildman–Crippen MR) is 75.1 cm³/mol. The fraction of sp³-hybridized carbons (Fsp3) is 0.929. The van der Waals surface area contributed by atoms with Crippen LogP contribution in [-0.4, -0.2) is 74.2 Å². The van der Waals surface area contributed by atoms with Gasteiger partial charge < -0.3 is 10.1 Å². The van der Waals surface area contributed by atoms with Gasteiger partial charge >= 0.3 is 5.97 Å². The highest BCUT2D eigenvalue weighted by molar-refractivity contribution is 5.80. The highest BCUT2D eigenvalue weighted by Gasteiger charge is 2.37. The molecule has 0 radical (unpaired) electrons. The zero-order valence-electron chi connectivity index (χ0n) is 12.4. The summed E-state index contributed by atoms with van der Waals surface area (Å²) >= 11 is 0. The lowest BCUT2D eigenvalue weighted by atomic mass is 10.0. The van der Waals surface area contributed by atoms with E-state index >= 15 is 0 Å². The fourth-order valence-electron chi connectivity index (χ4n) is 3.34. The molecule has 0 saturated carbocycles. The van der Waals surface area contributed by atoms with Crippen molar-refractivity contribution in [2.45, 2.75) is 37.8 Å². The normalized spacial score (nSPS) is 28.5. The van der Waals surface area contributed by atoms with Crippen molar-refractivity contribution in [3.05, 3.63) is 0 Å². The first-order valence-corrected chi connectivity index (χ1v) is 7.33. The van der Waals surface area contributed by atoms with E-state index in [9.17, 15) is 4.79 Å². The first-order valence-electron chi connectivity index (χ1n) is 7.33. The number of nitrogens with one attached hydrogen (secondary N) is 1. The van der Waals surface area contributed by atoms with Crippen LogP contribution in [0, 0.1) is 0 Å². The third-order valence-electron chi connectivity index (χ3n) is 4.62. The third kappa shape index (κ3) is 3.27. The SMILES string of the molecule is CNC(C)(CN1CCCN2CCCC2C1)C(=O)OC. The van der Waals surface area contributed by atoms with Gasteiger partial charge in [0.05, 0.1) is 7.11 Å². The molecule has 0 bridgehead atoms. The molecule has 2 fully saturated rings. The highest BCUT2D eigenvalue weighted by atomic mass is 16.5. The minimum atomic E-state index is -0.609. The Balaban J connectivity index is 1.98. The number of fused-ring (bicyclic) bond motifs is 1. The van der Waals surface area contributed by atoms with Crippen molar-refractivity contribution in [3.8, 4) is 0 Å². The Bertz CT molecular complexity index is 324. The third-order valence-corrected chi connectivity index (χ3v) is 4.62.